The van der Waals surface area contributed by atoms with Crippen LogP contribution in [0, 0.1) is 6.92 Å². The highest BCUT2D eigenvalue weighted by Gasteiger charge is 2.12. The molecule has 2 aromatic rings. The number of benzene rings is 2. The molecule has 0 saturated heterocycles. The first-order chi connectivity index (χ1) is 11.0. The average Bonchev–Trinajstić information content (AvgIpc) is 2.53. The molecule has 122 valence electrons. The van der Waals surface area contributed by atoms with Crippen molar-refractivity contribution in [1.29, 1.82) is 0 Å². The van der Waals surface area contributed by atoms with Crippen molar-refractivity contribution in [3.8, 4) is 11.5 Å². The van der Waals surface area contributed by atoms with Crippen molar-refractivity contribution in [2.24, 2.45) is 0 Å². The number of hydrogen-bond acceptors (Lipinski definition) is 3. The van der Waals surface area contributed by atoms with Crippen LogP contribution in [0.2, 0.25) is 5.02 Å². The fraction of sp³-hybridized carbons (Fsp3) is 0.278. The third-order valence-electron chi connectivity index (χ3n) is 3.40. The van der Waals surface area contributed by atoms with E-state index in [0.29, 0.717) is 16.5 Å². The van der Waals surface area contributed by atoms with Crippen LogP contribution in [0.25, 0.3) is 0 Å². The summed E-state index contributed by atoms with van der Waals surface area (Å²) < 4.78 is 10.8. The van der Waals surface area contributed by atoms with Crippen molar-refractivity contribution in [2.75, 3.05) is 13.7 Å². The molecule has 0 aliphatic heterocycles. The Balaban J connectivity index is 1.92. The second-order valence-corrected chi connectivity index (χ2v) is 5.72. The molecule has 4 nitrogen and oxygen atoms in total. The number of rotatable bonds is 6. The maximum absolute atomic E-state index is 12.0. The molecule has 0 saturated carbocycles. The van der Waals surface area contributed by atoms with E-state index in [9.17, 15) is 4.79 Å². The lowest BCUT2D eigenvalue weighted by Crippen LogP contribution is -2.31. The minimum Gasteiger partial charge on any atom is -0.493 e. The molecule has 5 heteroatoms. The van der Waals surface area contributed by atoms with Crippen LogP contribution < -0.4 is 14.8 Å². The summed E-state index contributed by atoms with van der Waals surface area (Å²) in [5.74, 6) is 0.949. The van der Waals surface area contributed by atoms with Crippen LogP contribution in [0.1, 0.15) is 24.1 Å². The lowest BCUT2D eigenvalue weighted by molar-refractivity contribution is -0.123. The molecule has 0 bridgehead atoms. The van der Waals surface area contributed by atoms with Gasteiger partial charge in [0.05, 0.1) is 13.2 Å². The summed E-state index contributed by atoms with van der Waals surface area (Å²) in [5.41, 5.74) is 2.01. The summed E-state index contributed by atoms with van der Waals surface area (Å²) in [7, 11) is 1.57. The van der Waals surface area contributed by atoms with Crippen LogP contribution in [0.3, 0.4) is 0 Å². The van der Waals surface area contributed by atoms with E-state index in [1.807, 2.05) is 44.2 Å². The Bertz CT molecular complexity index is 688. The summed E-state index contributed by atoms with van der Waals surface area (Å²) in [6, 6.07) is 12.8. The summed E-state index contributed by atoms with van der Waals surface area (Å²) >= 11 is 5.96. The third kappa shape index (κ3) is 4.89. The smallest absolute Gasteiger partial charge is 0.258 e. The van der Waals surface area contributed by atoms with Gasteiger partial charge in [-0.05, 0) is 49.2 Å². The number of carbonyl (C=O) groups is 1. The molecule has 0 aromatic heterocycles. The number of carbonyl (C=O) groups excluding carboxylic acids is 1. The van der Waals surface area contributed by atoms with E-state index in [4.69, 9.17) is 21.1 Å². The van der Waals surface area contributed by atoms with Crippen LogP contribution in [0.4, 0.5) is 0 Å². The van der Waals surface area contributed by atoms with Crippen molar-refractivity contribution in [3.63, 3.8) is 0 Å². The van der Waals surface area contributed by atoms with E-state index in [-0.39, 0.29) is 18.6 Å². The highest BCUT2D eigenvalue weighted by molar-refractivity contribution is 6.30. The van der Waals surface area contributed by atoms with E-state index in [1.165, 1.54) is 0 Å². The zero-order valence-corrected chi connectivity index (χ0v) is 14.2. The highest BCUT2D eigenvalue weighted by Crippen LogP contribution is 2.27. The van der Waals surface area contributed by atoms with Gasteiger partial charge < -0.3 is 14.8 Å². The fourth-order valence-corrected chi connectivity index (χ4v) is 2.38. The van der Waals surface area contributed by atoms with E-state index >= 15 is 0 Å². The maximum Gasteiger partial charge on any atom is 0.258 e. The SMILES string of the molecule is COc1cc(C)ccc1OCC(=O)NC(C)c1cccc(Cl)c1. The second kappa shape index (κ2) is 7.88. The van der Waals surface area contributed by atoms with Crippen molar-refractivity contribution in [2.45, 2.75) is 19.9 Å². The number of ether oxygens (including phenoxy) is 2. The Hall–Kier alpha value is -2.20. The lowest BCUT2D eigenvalue weighted by atomic mass is 10.1. The number of methoxy groups -OCH3 is 1. The first-order valence-electron chi connectivity index (χ1n) is 7.32. The van der Waals surface area contributed by atoms with Gasteiger partial charge >= 0.3 is 0 Å². The Morgan fingerprint density at radius 2 is 2.00 bits per heavy atom. The number of aryl methyl sites for hydroxylation is 1. The fourth-order valence-electron chi connectivity index (χ4n) is 2.18. The first kappa shape index (κ1) is 17.2. The summed E-state index contributed by atoms with van der Waals surface area (Å²) in [6.45, 7) is 3.78. The van der Waals surface area contributed by atoms with Crippen LogP contribution in [-0.2, 0) is 4.79 Å². The van der Waals surface area contributed by atoms with Crippen LogP contribution >= 0.6 is 11.6 Å². The molecule has 1 amide bonds. The highest BCUT2D eigenvalue weighted by atomic mass is 35.5. The van der Waals surface area contributed by atoms with Gasteiger partial charge in [0.25, 0.3) is 5.91 Å². The average molecular weight is 334 g/mol. The van der Waals surface area contributed by atoms with Gasteiger partial charge in [0, 0.05) is 5.02 Å². The van der Waals surface area contributed by atoms with Crippen molar-refractivity contribution >= 4 is 17.5 Å². The molecule has 0 aliphatic carbocycles. The molecule has 1 N–H and O–H groups in total. The molecule has 0 radical (unpaired) electrons. The lowest BCUT2D eigenvalue weighted by Gasteiger charge is -2.16. The molecule has 23 heavy (non-hydrogen) atoms. The van der Waals surface area contributed by atoms with Crippen molar-refractivity contribution in [1.82, 2.24) is 5.32 Å². The monoisotopic (exact) mass is 333 g/mol. The Morgan fingerprint density at radius 3 is 2.70 bits per heavy atom. The van der Waals surface area contributed by atoms with Gasteiger partial charge in [-0.3, -0.25) is 4.79 Å². The van der Waals surface area contributed by atoms with E-state index < -0.39 is 0 Å². The third-order valence-corrected chi connectivity index (χ3v) is 3.64. The Morgan fingerprint density at radius 1 is 1.22 bits per heavy atom. The zero-order valence-electron chi connectivity index (χ0n) is 13.4. The molecule has 0 heterocycles. The largest absolute Gasteiger partial charge is 0.493 e. The van der Waals surface area contributed by atoms with E-state index in [1.54, 1.807) is 19.2 Å². The first-order valence-corrected chi connectivity index (χ1v) is 7.69. The molecule has 1 unspecified atom stereocenters. The van der Waals surface area contributed by atoms with Gasteiger partial charge in [0.1, 0.15) is 0 Å². The van der Waals surface area contributed by atoms with Gasteiger partial charge in [-0.2, -0.15) is 0 Å². The molecule has 2 rings (SSSR count). The summed E-state index contributed by atoms with van der Waals surface area (Å²) in [6.07, 6.45) is 0. The molecule has 2 aromatic carbocycles. The molecular formula is C18H20ClNO3. The van der Waals surface area contributed by atoms with Gasteiger partial charge in [0.15, 0.2) is 18.1 Å². The zero-order chi connectivity index (χ0) is 16.8. The van der Waals surface area contributed by atoms with Crippen LogP contribution in [0.5, 0.6) is 11.5 Å². The normalized spacial score (nSPS) is 11.7. The minimum absolute atomic E-state index is 0.0790. The Labute approximate surface area is 141 Å². The van der Waals surface area contributed by atoms with Gasteiger partial charge in [-0.15, -0.1) is 0 Å². The minimum atomic E-state index is -0.208. The van der Waals surface area contributed by atoms with Crippen molar-refractivity contribution in [3.05, 3.63) is 58.6 Å². The maximum atomic E-state index is 12.0. The summed E-state index contributed by atoms with van der Waals surface area (Å²) in [5, 5.41) is 3.52. The molecular weight excluding hydrogens is 314 g/mol. The predicted molar refractivity (Wildman–Crippen MR) is 91.2 cm³/mol. The number of hydrogen-bond donors (Lipinski definition) is 1. The molecule has 0 aliphatic rings. The van der Waals surface area contributed by atoms with Gasteiger partial charge in [-0.1, -0.05) is 29.8 Å². The quantitative estimate of drug-likeness (QED) is 0.871. The number of nitrogens with one attached hydrogen (secondary N) is 1. The van der Waals surface area contributed by atoms with Gasteiger partial charge in [0.2, 0.25) is 0 Å². The van der Waals surface area contributed by atoms with Crippen LogP contribution in [0.15, 0.2) is 42.5 Å². The molecule has 0 fully saturated rings. The topological polar surface area (TPSA) is 47.6 Å². The van der Waals surface area contributed by atoms with Crippen LogP contribution in [-0.4, -0.2) is 19.6 Å². The van der Waals surface area contributed by atoms with E-state index in [0.717, 1.165) is 11.1 Å². The number of amides is 1. The Kier molecular flexibility index (Phi) is 5.88. The van der Waals surface area contributed by atoms with Crippen molar-refractivity contribution < 1.29 is 14.3 Å². The van der Waals surface area contributed by atoms with E-state index in [2.05, 4.69) is 5.32 Å². The molecule has 1 atom stereocenters. The molecule has 0 spiro atoms. The van der Waals surface area contributed by atoms with Gasteiger partial charge in [-0.25, -0.2) is 0 Å². The summed E-state index contributed by atoms with van der Waals surface area (Å²) in [4.78, 5) is 12.0. The predicted octanol–water partition coefficient (Wildman–Crippen LogP) is 3.91. The number of halogens is 1. The standard InChI is InChI=1S/C18H20ClNO3/c1-12-7-8-16(17(9-12)22-3)23-11-18(21)20-13(2)14-5-4-6-15(19)10-14/h4-10,13H,11H2,1-3H3,(H,20,21). The second-order valence-electron chi connectivity index (χ2n) is 5.29.